The largest absolute Gasteiger partial charge is 0.419 e. The van der Waals surface area contributed by atoms with E-state index >= 15 is 0 Å². The Morgan fingerprint density at radius 1 is 1.15 bits per heavy atom. The lowest BCUT2D eigenvalue weighted by molar-refractivity contribution is 0.215. The maximum absolute atomic E-state index is 12.0. The Balaban J connectivity index is 1.59. The Hall–Kier alpha value is -3.19. The number of thiazole rings is 1. The summed E-state index contributed by atoms with van der Waals surface area (Å²) in [6.45, 7) is 4.13. The number of amides is 1. The molecule has 26 heavy (non-hydrogen) atoms. The molecule has 0 bridgehead atoms. The summed E-state index contributed by atoms with van der Waals surface area (Å²) in [7, 11) is 0. The van der Waals surface area contributed by atoms with Crippen LogP contribution in [-0.4, -0.2) is 20.7 Å². The minimum atomic E-state index is -0.623. The van der Waals surface area contributed by atoms with Gasteiger partial charge in [-0.25, -0.2) is 9.31 Å². The number of ether oxygens (including phenoxy) is 1. The van der Waals surface area contributed by atoms with Crippen molar-refractivity contribution in [2.45, 2.75) is 13.8 Å². The van der Waals surface area contributed by atoms with Gasteiger partial charge in [0, 0.05) is 10.9 Å². The van der Waals surface area contributed by atoms with Gasteiger partial charge in [0.2, 0.25) is 4.96 Å². The van der Waals surface area contributed by atoms with Gasteiger partial charge in [0.05, 0.1) is 5.69 Å². The van der Waals surface area contributed by atoms with Crippen molar-refractivity contribution in [1.29, 1.82) is 0 Å². The van der Waals surface area contributed by atoms with Crippen LogP contribution in [0.1, 0.15) is 11.1 Å². The number of para-hydroxylation sites is 1. The first-order valence-electron chi connectivity index (χ1n) is 8.06. The molecule has 0 unspecified atom stereocenters. The van der Waals surface area contributed by atoms with Gasteiger partial charge in [0.15, 0.2) is 0 Å². The second-order valence-electron chi connectivity index (χ2n) is 5.90. The number of hydrogen-bond acceptors (Lipinski definition) is 5. The van der Waals surface area contributed by atoms with Crippen LogP contribution >= 0.6 is 11.3 Å². The number of aryl methyl sites for hydroxylation is 2. The molecule has 1 N–H and O–H groups in total. The first-order chi connectivity index (χ1) is 12.6. The number of carbonyl (C=O) groups excluding carboxylic acids is 1. The Bertz CT molecular complexity index is 1090. The van der Waals surface area contributed by atoms with E-state index in [9.17, 15) is 4.79 Å². The summed E-state index contributed by atoms with van der Waals surface area (Å²) in [6.07, 6.45) is -0.623. The van der Waals surface area contributed by atoms with Crippen LogP contribution in [0.2, 0.25) is 0 Å². The van der Waals surface area contributed by atoms with Crippen LogP contribution < -0.4 is 10.1 Å². The lowest BCUT2D eigenvalue weighted by Gasteiger charge is -2.05. The summed E-state index contributed by atoms with van der Waals surface area (Å²) < 4.78 is 6.94. The Morgan fingerprint density at radius 3 is 2.73 bits per heavy atom. The van der Waals surface area contributed by atoms with E-state index in [4.69, 9.17) is 4.74 Å². The molecule has 0 saturated carbocycles. The monoisotopic (exact) mass is 364 g/mol. The number of carbonyl (C=O) groups is 1. The van der Waals surface area contributed by atoms with Crippen LogP contribution in [0.25, 0.3) is 16.2 Å². The average molecular weight is 364 g/mol. The zero-order valence-corrected chi connectivity index (χ0v) is 15.1. The van der Waals surface area contributed by atoms with Gasteiger partial charge < -0.3 is 4.74 Å². The number of nitrogens with one attached hydrogen (secondary N) is 1. The summed E-state index contributed by atoms with van der Waals surface area (Å²) >= 11 is 1.47. The molecular formula is C19H16N4O2S. The van der Waals surface area contributed by atoms with Crippen LogP contribution in [0.4, 0.5) is 10.7 Å². The number of aromatic nitrogens is 3. The Labute approximate surface area is 154 Å². The highest BCUT2D eigenvalue weighted by Gasteiger charge is 2.15. The van der Waals surface area contributed by atoms with Crippen molar-refractivity contribution in [1.82, 2.24) is 14.6 Å². The molecule has 7 heteroatoms. The van der Waals surface area contributed by atoms with Crippen molar-refractivity contribution in [2.75, 3.05) is 5.32 Å². The van der Waals surface area contributed by atoms with Crippen molar-refractivity contribution in [3.8, 4) is 17.0 Å². The van der Waals surface area contributed by atoms with E-state index < -0.39 is 6.09 Å². The standard InChI is InChI=1S/C19H16N4O2S/c1-12-8-9-15(13(2)10-12)16-11-26-18-20-17(22-23(16)18)21-19(24)25-14-6-4-3-5-7-14/h3-11H,1-2H3,(H,21,22,24). The van der Waals surface area contributed by atoms with Crippen LogP contribution in [0.5, 0.6) is 5.75 Å². The molecule has 4 aromatic rings. The van der Waals surface area contributed by atoms with Gasteiger partial charge in [-0.2, -0.15) is 4.98 Å². The molecule has 2 aromatic carbocycles. The minimum absolute atomic E-state index is 0.212. The van der Waals surface area contributed by atoms with E-state index in [0.29, 0.717) is 10.7 Å². The molecule has 2 heterocycles. The average Bonchev–Trinajstić information content (AvgIpc) is 3.16. The molecule has 0 fully saturated rings. The van der Waals surface area contributed by atoms with E-state index in [0.717, 1.165) is 16.8 Å². The van der Waals surface area contributed by atoms with Crippen molar-refractivity contribution in [3.05, 3.63) is 65.0 Å². The fourth-order valence-corrected chi connectivity index (χ4v) is 3.56. The third-order valence-electron chi connectivity index (χ3n) is 3.91. The van der Waals surface area contributed by atoms with Crippen molar-refractivity contribution < 1.29 is 9.53 Å². The molecule has 4 rings (SSSR count). The highest BCUT2D eigenvalue weighted by atomic mass is 32.1. The fourth-order valence-electron chi connectivity index (χ4n) is 2.73. The van der Waals surface area contributed by atoms with Crippen LogP contribution in [0, 0.1) is 13.8 Å². The van der Waals surface area contributed by atoms with E-state index in [-0.39, 0.29) is 5.95 Å². The summed E-state index contributed by atoms with van der Waals surface area (Å²) in [4.78, 5) is 17.1. The zero-order chi connectivity index (χ0) is 18.1. The molecule has 2 aromatic heterocycles. The van der Waals surface area contributed by atoms with Gasteiger partial charge in [-0.05, 0) is 31.5 Å². The lowest BCUT2D eigenvalue weighted by atomic mass is 10.0. The number of anilines is 1. The number of benzene rings is 2. The fraction of sp³-hybridized carbons (Fsp3) is 0.105. The Morgan fingerprint density at radius 2 is 1.96 bits per heavy atom. The summed E-state index contributed by atoms with van der Waals surface area (Å²) in [5.41, 5.74) is 4.41. The van der Waals surface area contributed by atoms with Crippen LogP contribution in [0.15, 0.2) is 53.9 Å². The highest BCUT2D eigenvalue weighted by molar-refractivity contribution is 7.15. The SMILES string of the molecule is Cc1ccc(-c2csc3nc(NC(=O)Oc4ccccc4)nn23)c(C)c1. The maximum atomic E-state index is 12.0. The van der Waals surface area contributed by atoms with Crippen molar-refractivity contribution in [2.24, 2.45) is 0 Å². The number of rotatable bonds is 3. The van der Waals surface area contributed by atoms with Crippen molar-refractivity contribution in [3.63, 3.8) is 0 Å². The molecule has 0 spiro atoms. The molecule has 0 saturated heterocycles. The molecular weight excluding hydrogens is 348 g/mol. The van der Waals surface area contributed by atoms with Crippen LogP contribution in [-0.2, 0) is 0 Å². The Kier molecular flexibility index (Phi) is 4.14. The zero-order valence-electron chi connectivity index (χ0n) is 14.3. The molecule has 0 aliphatic rings. The van der Waals surface area contributed by atoms with Gasteiger partial charge in [0.1, 0.15) is 5.75 Å². The highest BCUT2D eigenvalue weighted by Crippen LogP contribution is 2.28. The predicted molar refractivity (Wildman–Crippen MR) is 102 cm³/mol. The summed E-state index contributed by atoms with van der Waals surface area (Å²) in [6, 6.07) is 15.1. The van der Waals surface area contributed by atoms with E-state index in [2.05, 4.69) is 47.4 Å². The summed E-state index contributed by atoms with van der Waals surface area (Å²) in [5, 5.41) is 8.98. The second kappa shape index (κ2) is 6.61. The molecule has 0 aliphatic carbocycles. The van der Waals surface area contributed by atoms with Gasteiger partial charge in [-0.3, -0.25) is 5.32 Å². The van der Waals surface area contributed by atoms with Gasteiger partial charge >= 0.3 is 6.09 Å². The topological polar surface area (TPSA) is 68.5 Å². The molecule has 0 radical (unpaired) electrons. The number of hydrogen-bond donors (Lipinski definition) is 1. The van der Waals surface area contributed by atoms with Crippen LogP contribution in [0.3, 0.4) is 0 Å². The summed E-state index contributed by atoms with van der Waals surface area (Å²) in [5.74, 6) is 0.672. The minimum Gasteiger partial charge on any atom is -0.410 e. The third-order valence-corrected chi connectivity index (χ3v) is 4.72. The van der Waals surface area contributed by atoms with Gasteiger partial charge in [-0.1, -0.05) is 42.0 Å². The van der Waals surface area contributed by atoms with Gasteiger partial charge in [0.25, 0.3) is 5.95 Å². The lowest BCUT2D eigenvalue weighted by Crippen LogP contribution is -2.17. The third kappa shape index (κ3) is 3.16. The van der Waals surface area contributed by atoms with E-state index in [1.54, 1.807) is 28.8 Å². The van der Waals surface area contributed by atoms with Crippen molar-refractivity contribution >= 4 is 28.3 Å². The normalized spacial score (nSPS) is 10.8. The first-order valence-corrected chi connectivity index (χ1v) is 8.94. The molecule has 130 valence electrons. The second-order valence-corrected chi connectivity index (χ2v) is 6.73. The molecule has 1 amide bonds. The maximum Gasteiger partial charge on any atom is 0.419 e. The quantitative estimate of drug-likeness (QED) is 0.573. The number of fused-ring (bicyclic) bond motifs is 1. The predicted octanol–water partition coefficient (Wildman–Crippen LogP) is 4.69. The molecule has 0 atom stereocenters. The molecule has 6 nitrogen and oxygen atoms in total. The smallest absolute Gasteiger partial charge is 0.410 e. The molecule has 0 aliphatic heterocycles. The van der Waals surface area contributed by atoms with E-state index in [1.165, 1.54) is 16.9 Å². The first kappa shape index (κ1) is 16.3. The number of nitrogens with zero attached hydrogens (tertiary/aromatic N) is 3. The van der Waals surface area contributed by atoms with Gasteiger partial charge in [-0.15, -0.1) is 16.4 Å². The van der Waals surface area contributed by atoms with E-state index in [1.807, 2.05) is 11.4 Å².